The normalized spacial score (nSPS) is 19.7. The second-order valence-electron chi connectivity index (χ2n) is 2.05. The number of nitrogens with one attached hydrogen (secondary N) is 1. The van der Waals surface area contributed by atoms with Gasteiger partial charge in [0.25, 0.3) is 0 Å². The minimum absolute atomic E-state index is 0. The zero-order valence-electron chi connectivity index (χ0n) is 5.59. The third kappa shape index (κ3) is 5.15. The smallest absolute Gasteiger partial charge is 0.0104 e. The van der Waals surface area contributed by atoms with E-state index >= 15 is 0 Å². The molecule has 4 heteroatoms. The van der Waals surface area contributed by atoms with E-state index in [9.17, 15) is 0 Å². The zero-order valence-corrected chi connectivity index (χ0v) is 8.12. The summed E-state index contributed by atoms with van der Waals surface area (Å²) in [6, 6.07) is 0. The van der Waals surface area contributed by atoms with E-state index in [4.69, 9.17) is 0 Å². The fourth-order valence-electron chi connectivity index (χ4n) is 0.777. The quantitative estimate of drug-likeness (QED) is 0.637. The van der Waals surface area contributed by atoms with Gasteiger partial charge in [-0.05, 0) is 7.05 Å². The zero-order chi connectivity index (χ0) is 5.11. The summed E-state index contributed by atoms with van der Waals surface area (Å²) >= 11 is 0. The van der Waals surface area contributed by atoms with Crippen LogP contribution in [-0.4, -0.2) is 38.1 Å². The molecule has 0 aromatic heterocycles. The lowest BCUT2D eigenvalue weighted by Gasteiger charge is -2.21. The van der Waals surface area contributed by atoms with Crippen molar-refractivity contribution in [3.05, 3.63) is 0 Å². The number of likely N-dealkylation sites (N-methyl/N-ethyl adjacent to an activating group) is 1. The third-order valence-electron chi connectivity index (χ3n) is 1.34. The van der Waals surface area contributed by atoms with Gasteiger partial charge >= 0.3 is 0 Å². The second kappa shape index (κ2) is 6.81. The van der Waals surface area contributed by atoms with E-state index < -0.39 is 0 Å². The molecule has 1 aliphatic heterocycles. The summed E-state index contributed by atoms with van der Waals surface area (Å²) < 4.78 is 0. The van der Waals surface area contributed by atoms with Crippen molar-refractivity contribution >= 4 is 29.4 Å². The fourth-order valence-corrected chi connectivity index (χ4v) is 0.777. The average molecular weight is 218 g/mol. The van der Waals surface area contributed by atoms with Gasteiger partial charge in [0.1, 0.15) is 0 Å². The van der Waals surface area contributed by atoms with Crippen LogP contribution in [0.4, 0.5) is 0 Å². The second-order valence-corrected chi connectivity index (χ2v) is 2.05. The van der Waals surface area contributed by atoms with E-state index in [1.807, 2.05) is 0 Å². The van der Waals surface area contributed by atoms with Crippen molar-refractivity contribution in [2.75, 3.05) is 33.2 Å². The first-order valence-corrected chi connectivity index (χ1v) is 2.79. The van der Waals surface area contributed by atoms with Crippen molar-refractivity contribution in [3.63, 3.8) is 0 Å². The molecule has 0 atom stereocenters. The SMILES string of the molecule is Br.CN1CCNCC1.Cl. The Labute approximate surface area is 73.2 Å². The number of nitrogens with zero attached hydrogens (tertiary/aromatic N) is 1. The summed E-state index contributed by atoms with van der Waals surface area (Å²) in [5.74, 6) is 0. The summed E-state index contributed by atoms with van der Waals surface area (Å²) in [6.07, 6.45) is 0. The standard InChI is InChI=1S/C5H12N2.BrH.ClH/c1-7-4-2-6-3-5-7;;/h6H,2-5H2,1H3;2*1H. The van der Waals surface area contributed by atoms with Crippen molar-refractivity contribution < 1.29 is 0 Å². The van der Waals surface area contributed by atoms with Gasteiger partial charge in [-0.3, -0.25) is 0 Å². The van der Waals surface area contributed by atoms with Gasteiger partial charge in [-0.25, -0.2) is 0 Å². The Bertz CT molecular complexity index is 56.9. The van der Waals surface area contributed by atoms with Gasteiger partial charge in [-0.15, -0.1) is 29.4 Å². The lowest BCUT2D eigenvalue weighted by atomic mass is 10.4. The van der Waals surface area contributed by atoms with Gasteiger partial charge in [0.05, 0.1) is 0 Å². The summed E-state index contributed by atoms with van der Waals surface area (Å²) in [5.41, 5.74) is 0. The maximum atomic E-state index is 3.27. The van der Waals surface area contributed by atoms with Crippen molar-refractivity contribution in [3.8, 4) is 0 Å². The predicted molar refractivity (Wildman–Crippen MR) is 47.9 cm³/mol. The number of piperazine rings is 1. The largest absolute Gasteiger partial charge is 0.314 e. The van der Waals surface area contributed by atoms with Crippen LogP contribution >= 0.6 is 29.4 Å². The Morgan fingerprint density at radius 1 is 1.22 bits per heavy atom. The summed E-state index contributed by atoms with van der Waals surface area (Å²) in [6.45, 7) is 4.74. The molecule has 9 heavy (non-hydrogen) atoms. The fraction of sp³-hybridized carbons (Fsp3) is 1.00. The highest BCUT2D eigenvalue weighted by Gasteiger charge is 2.01. The average Bonchev–Trinajstić information content (AvgIpc) is 1.69. The number of halogens is 2. The van der Waals surface area contributed by atoms with Gasteiger partial charge in [-0.1, -0.05) is 0 Å². The van der Waals surface area contributed by atoms with Gasteiger partial charge in [-0.2, -0.15) is 0 Å². The monoisotopic (exact) mass is 216 g/mol. The molecule has 1 aliphatic rings. The van der Waals surface area contributed by atoms with Gasteiger partial charge < -0.3 is 10.2 Å². The van der Waals surface area contributed by atoms with Crippen LogP contribution < -0.4 is 5.32 Å². The maximum Gasteiger partial charge on any atom is 0.0104 e. The maximum absolute atomic E-state index is 3.27. The Hall–Kier alpha value is 0.690. The molecular weight excluding hydrogens is 203 g/mol. The summed E-state index contributed by atoms with van der Waals surface area (Å²) in [4.78, 5) is 2.33. The first-order chi connectivity index (χ1) is 3.39. The van der Waals surface area contributed by atoms with Crippen LogP contribution in [-0.2, 0) is 0 Å². The molecule has 1 heterocycles. The molecule has 0 aromatic carbocycles. The lowest BCUT2D eigenvalue weighted by Crippen LogP contribution is -2.40. The van der Waals surface area contributed by atoms with E-state index in [0.717, 1.165) is 13.1 Å². The molecule has 1 saturated heterocycles. The van der Waals surface area contributed by atoms with Gasteiger partial charge in [0.2, 0.25) is 0 Å². The van der Waals surface area contributed by atoms with Crippen LogP contribution in [0.3, 0.4) is 0 Å². The highest BCUT2D eigenvalue weighted by atomic mass is 79.9. The Morgan fingerprint density at radius 3 is 1.89 bits per heavy atom. The van der Waals surface area contributed by atoms with E-state index in [1.165, 1.54) is 13.1 Å². The molecule has 0 aromatic rings. The number of hydrogen-bond donors (Lipinski definition) is 1. The third-order valence-corrected chi connectivity index (χ3v) is 1.34. The Balaban J connectivity index is 0. The Morgan fingerprint density at radius 2 is 1.67 bits per heavy atom. The molecule has 0 radical (unpaired) electrons. The van der Waals surface area contributed by atoms with Crippen molar-refractivity contribution in [2.45, 2.75) is 0 Å². The first-order valence-electron chi connectivity index (χ1n) is 2.79. The Kier molecular flexibility index (Phi) is 9.36. The molecule has 1 fully saturated rings. The molecular formula is C5H14BrClN2. The summed E-state index contributed by atoms with van der Waals surface area (Å²) in [7, 11) is 2.15. The molecule has 1 N–H and O–H groups in total. The van der Waals surface area contributed by atoms with Crippen LogP contribution in [0.2, 0.25) is 0 Å². The minimum Gasteiger partial charge on any atom is -0.314 e. The van der Waals surface area contributed by atoms with E-state index in [1.54, 1.807) is 0 Å². The molecule has 0 bridgehead atoms. The van der Waals surface area contributed by atoms with Crippen LogP contribution in [0.15, 0.2) is 0 Å². The topological polar surface area (TPSA) is 15.3 Å². The van der Waals surface area contributed by atoms with Crippen molar-refractivity contribution in [1.29, 1.82) is 0 Å². The highest BCUT2D eigenvalue weighted by molar-refractivity contribution is 8.93. The molecule has 58 valence electrons. The lowest BCUT2D eigenvalue weighted by molar-refractivity contribution is 0.291. The molecule has 0 amide bonds. The highest BCUT2D eigenvalue weighted by Crippen LogP contribution is 1.82. The number of hydrogen-bond acceptors (Lipinski definition) is 2. The van der Waals surface area contributed by atoms with Crippen LogP contribution in [0, 0.1) is 0 Å². The summed E-state index contributed by atoms with van der Waals surface area (Å²) in [5, 5.41) is 3.27. The van der Waals surface area contributed by atoms with Crippen molar-refractivity contribution in [2.24, 2.45) is 0 Å². The predicted octanol–water partition coefficient (Wildman–Crippen LogP) is 0.521. The molecule has 2 nitrogen and oxygen atoms in total. The molecule has 0 aliphatic carbocycles. The van der Waals surface area contributed by atoms with Gasteiger partial charge in [0, 0.05) is 26.2 Å². The van der Waals surface area contributed by atoms with E-state index in [-0.39, 0.29) is 29.4 Å². The van der Waals surface area contributed by atoms with Crippen LogP contribution in [0.1, 0.15) is 0 Å². The van der Waals surface area contributed by atoms with Crippen LogP contribution in [0.5, 0.6) is 0 Å². The van der Waals surface area contributed by atoms with E-state index in [0.29, 0.717) is 0 Å². The first kappa shape index (κ1) is 12.4. The minimum atomic E-state index is 0. The van der Waals surface area contributed by atoms with Crippen LogP contribution in [0.25, 0.3) is 0 Å². The molecule has 0 spiro atoms. The van der Waals surface area contributed by atoms with Crippen molar-refractivity contribution in [1.82, 2.24) is 10.2 Å². The molecule has 1 rings (SSSR count). The number of rotatable bonds is 0. The molecule has 0 unspecified atom stereocenters. The molecule has 0 saturated carbocycles. The van der Waals surface area contributed by atoms with E-state index in [2.05, 4.69) is 17.3 Å². The van der Waals surface area contributed by atoms with Gasteiger partial charge in [0.15, 0.2) is 0 Å².